The largest absolute Gasteiger partial charge is 0.348 e. The van der Waals surface area contributed by atoms with E-state index in [2.05, 4.69) is 14.8 Å². The van der Waals surface area contributed by atoms with E-state index in [1.165, 1.54) is 44.9 Å². The third-order valence-corrected chi connectivity index (χ3v) is 4.39. The lowest BCUT2D eigenvalue weighted by Gasteiger charge is -2.27. The predicted molar refractivity (Wildman–Crippen MR) is 73.1 cm³/mol. The summed E-state index contributed by atoms with van der Waals surface area (Å²) in [5.41, 5.74) is 0. The van der Waals surface area contributed by atoms with Crippen molar-refractivity contribution < 1.29 is 9.47 Å². The van der Waals surface area contributed by atoms with Crippen LogP contribution in [0, 0.1) is 0 Å². The van der Waals surface area contributed by atoms with Crippen LogP contribution in [0.3, 0.4) is 0 Å². The van der Waals surface area contributed by atoms with E-state index in [9.17, 15) is 0 Å². The summed E-state index contributed by atoms with van der Waals surface area (Å²) in [5, 5.41) is 0.537. The molecule has 2 nitrogen and oxygen atoms in total. The molecule has 2 aliphatic rings. The number of ether oxygens (including phenoxy) is 2. The first-order valence-corrected chi connectivity index (χ1v) is 7.40. The molecule has 0 aromatic carbocycles. The summed E-state index contributed by atoms with van der Waals surface area (Å²) in [4.78, 5) is 0. The molecule has 0 aromatic rings. The maximum Gasteiger partial charge on any atom is 0.168 e. The van der Waals surface area contributed by atoms with Gasteiger partial charge in [-0.05, 0) is 12.8 Å². The molecule has 1 spiro atoms. The summed E-state index contributed by atoms with van der Waals surface area (Å²) < 4.78 is 11.8. The van der Waals surface area contributed by atoms with Crippen molar-refractivity contribution in [1.29, 1.82) is 0 Å². The number of rotatable bonds is 0. The van der Waals surface area contributed by atoms with Crippen molar-refractivity contribution >= 4 is 7.85 Å². The lowest BCUT2D eigenvalue weighted by atomic mass is 9.64. The van der Waals surface area contributed by atoms with Gasteiger partial charge in [0.2, 0.25) is 0 Å². The van der Waals surface area contributed by atoms with Crippen LogP contribution in [0.5, 0.6) is 0 Å². The molecule has 17 heavy (non-hydrogen) atoms. The molecule has 1 atom stereocenters. The molecule has 0 N–H and O–H groups in total. The molecular weight excluding hydrogens is 211 g/mol. The lowest BCUT2D eigenvalue weighted by molar-refractivity contribution is -0.168. The topological polar surface area (TPSA) is 18.5 Å². The van der Waals surface area contributed by atoms with Crippen molar-refractivity contribution in [2.75, 3.05) is 13.2 Å². The normalized spacial score (nSPS) is 35.6. The van der Waals surface area contributed by atoms with Gasteiger partial charge in [-0.15, -0.1) is 0 Å². The van der Waals surface area contributed by atoms with Gasteiger partial charge in [0.05, 0.1) is 13.2 Å². The first-order chi connectivity index (χ1) is 8.12. The van der Waals surface area contributed by atoms with E-state index in [0.717, 1.165) is 26.1 Å². The quantitative estimate of drug-likeness (QED) is 0.604. The molecule has 2 fully saturated rings. The molecule has 98 valence electrons. The SMILES string of the molecule is BC1(C)CCCCCC2(CCCC1)OCCO2. The second-order valence-electron chi connectivity index (χ2n) is 6.54. The van der Waals surface area contributed by atoms with Gasteiger partial charge in [0.1, 0.15) is 7.85 Å². The van der Waals surface area contributed by atoms with Crippen molar-refractivity contribution in [1.82, 2.24) is 0 Å². The fourth-order valence-corrected chi connectivity index (χ4v) is 3.21. The Morgan fingerprint density at radius 3 is 1.88 bits per heavy atom. The van der Waals surface area contributed by atoms with Crippen LogP contribution in [0.1, 0.15) is 64.7 Å². The lowest BCUT2D eigenvalue weighted by Crippen LogP contribution is -2.29. The maximum absolute atomic E-state index is 5.88. The minimum absolute atomic E-state index is 0.200. The van der Waals surface area contributed by atoms with E-state index in [0.29, 0.717) is 5.31 Å². The smallest absolute Gasteiger partial charge is 0.168 e. The van der Waals surface area contributed by atoms with Crippen LogP contribution in [0.2, 0.25) is 5.31 Å². The maximum atomic E-state index is 5.88. The Bertz CT molecular complexity index is 234. The molecule has 0 bridgehead atoms. The van der Waals surface area contributed by atoms with E-state index < -0.39 is 0 Å². The molecule has 0 aromatic heterocycles. The van der Waals surface area contributed by atoms with Crippen molar-refractivity contribution in [2.24, 2.45) is 0 Å². The van der Waals surface area contributed by atoms with Crippen LogP contribution in [-0.2, 0) is 9.47 Å². The summed E-state index contributed by atoms with van der Waals surface area (Å²) in [6, 6.07) is 0. The van der Waals surface area contributed by atoms with E-state index in [4.69, 9.17) is 9.47 Å². The molecule has 3 heteroatoms. The van der Waals surface area contributed by atoms with Crippen molar-refractivity contribution in [3.05, 3.63) is 0 Å². The first kappa shape index (κ1) is 13.4. The molecule has 1 aliphatic heterocycles. The Morgan fingerprint density at radius 2 is 1.24 bits per heavy atom. The monoisotopic (exact) mass is 238 g/mol. The second kappa shape index (κ2) is 5.75. The van der Waals surface area contributed by atoms with Gasteiger partial charge in [0.25, 0.3) is 0 Å². The second-order valence-corrected chi connectivity index (χ2v) is 6.54. The molecule has 1 saturated heterocycles. The predicted octanol–water partition coefficient (Wildman–Crippen LogP) is 3.07. The Kier molecular flexibility index (Phi) is 4.54. The highest BCUT2D eigenvalue weighted by Crippen LogP contribution is 2.38. The van der Waals surface area contributed by atoms with E-state index in [1.54, 1.807) is 0 Å². The fraction of sp³-hybridized carbons (Fsp3) is 1.00. The van der Waals surface area contributed by atoms with Crippen LogP contribution >= 0.6 is 0 Å². The Hall–Kier alpha value is -0.0151. The van der Waals surface area contributed by atoms with Crippen molar-refractivity contribution in [3.8, 4) is 0 Å². The van der Waals surface area contributed by atoms with Gasteiger partial charge in [0.15, 0.2) is 5.79 Å². The number of hydrogen-bond acceptors (Lipinski definition) is 2. The zero-order valence-corrected chi connectivity index (χ0v) is 11.6. The van der Waals surface area contributed by atoms with Crippen LogP contribution in [-0.4, -0.2) is 26.8 Å². The molecule has 0 amide bonds. The molecule has 1 saturated carbocycles. The van der Waals surface area contributed by atoms with Gasteiger partial charge in [0, 0.05) is 12.8 Å². The molecule has 1 heterocycles. The number of hydrogen-bond donors (Lipinski definition) is 0. The summed E-state index contributed by atoms with van der Waals surface area (Å²) in [6.45, 7) is 4.01. The van der Waals surface area contributed by atoms with Crippen molar-refractivity contribution in [3.63, 3.8) is 0 Å². The van der Waals surface area contributed by atoms with E-state index in [-0.39, 0.29) is 5.79 Å². The van der Waals surface area contributed by atoms with Crippen LogP contribution in [0.25, 0.3) is 0 Å². The molecule has 1 unspecified atom stereocenters. The van der Waals surface area contributed by atoms with Gasteiger partial charge in [-0.1, -0.05) is 44.3 Å². The highest BCUT2D eigenvalue weighted by molar-refractivity contribution is 6.14. The summed E-state index contributed by atoms with van der Waals surface area (Å²) in [6.07, 6.45) is 11.5. The minimum atomic E-state index is -0.200. The third-order valence-electron chi connectivity index (χ3n) is 4.39. The fourth-order valence-electron chi connectivity index (χ4n) is 3.21. The highest BCUT2D eigenvalue weighted by Gasteiger charge is 2.35. The Balaban J connectivity index is 1.89. The Labute approximate surface area is 107 Å². The zero-order chi connectivity index (χ0) is 12.2. The molecule has 2 rings (SSSR count). The van der Waals surface area contributed by atoms with Crippen LogP contribution in [0.15, 0.2) is 0 Å². The van der Waals surface area contributed by atoms with Crippen LogP contribution < -0.4 is 0 Å². The average molecular weight is 238 g/mol. The summed E-state index contributed by atoms with van der Waals surface area (Å²) in [5.74, 6) is -0.200. The minimum Gasteiger partial charge on any atom is -0.348 e. The summed E-state index contributed by atoms with van der Waals surface area (Å²) >= 11 is 0. The van der Waals surface area contributed by atoms with Crippen LogP contribution in [0.4, 0.5) is 0 Å². The first-order valence-electron chi connectivity index (χ1n) is 7.40. The highest BCUT2D eigenvalue weighted by atomic mass is 16.7. The van der Waals surface area contributed by atoms with Crippen molar-refractivity contribution in [2.45, 2.75) is 75.8 Å². The average Bonchev–Trinajstić information content (AvgIpc) is 2.71. The third kappa shape index (κ3) is 3.99. The Morgan fingerprint density at radius 1 is 0.765 bits per heavy atom. The molecular formula is C14H27BO2. The van der Waals surface area contributed by atoms with E-state index in [1.807, 2.05) is 0 Å². The van der Waals surface area contributed by atoms with Gasteiger partial charge < -0.3 is 9.47 Å². The van der Waals surface area contributed by atoms with Gasteiger partial charge in [-0.3, -0.25) is 0 Å². The molecule has 1 aliphatic carbocycles. The van der Waals surface area contributed by atoms with Gasteiger partial charge >= 0.3 is 0 Å². The van der Waals surface area contributed by atoms with E-state index >= 15 is 0 Å². The van der Waals surface area contributed by atoms with Gasteiger partial charge in [-0.25, -0.2) is 0 Å². The van der Waals surface area contributed by atoms with Gasteiger partial charge in [-0.2, -0.15) is 0 Å². The summed E-state index contributed by atoms with van der Waals surface area (Å²) in [7, 11) is 2.42. The zero-order valence-electron chi connectivity index (χ0n) is 11.6. The standard InChI is InChI=1S/C14H27BO2/c1-13(15)7-3-2-4-9-14(10-6-5-8-13)16-11-12-17-14/h2-12,15H2,1H3. The molecule has 0 radical (unpaired) electrons.